The number of aromatic nitrogens is 1. The minimum atomic E-state index is 0. The van der Waals surface area contributed by atoms with Crippen LogP contribution < -0.4 is 5.32 Å². The molecule has 2 heterocycles. The summed E-state index contributed by atoms with van der Waals surface area (Å²) in [6.07, 6.45) is 2.22. The number of nitrogens with one attached hydrogen (secondary N) is 1. The molecule has 126 valence electrons. The zero-order valence-electron chi connectivity index (χ0n) is 13.6. The third-order valence-electron chi connectivity index (χ3n) is 4.11. The van der Waals surface area contributed by atoms with Gasteiger partial charge in [-0.3, -0.25) is 4.79 Å². The van der Waals surface area contributed by atoms with E-state index in [1.54, 1.807) is 11.8 Å². The normalized spacial score (nSPS) is 15.7. The Morgan fingerprint density at radius 2 is 2.09 bits per heavy atom. The SMILES string of the molecule is CNCC1CCN(C(=O)CSCc2c(C)noc2C)CC1.Cl. The summed E-state index contributed by atoms with van der Waals surface area (Å²) in [7, 11) is 1.99. The Morgan fingerprint density at radius 3 is 2.64 bits per heavy atom. The zero-order chi connectivity index (χ0) is 15.2. The molecule has 1 aliphatic heterocycles. The Kier molecular flexibility index (Phi) is 8.28. The van der Waals surface area contributed by atoms with E-state index in [0.29, 0.717) is 11.7 Å². The van der Waals surface area contributed by atoms with E-state index in [4.69, 9.17) is 4.52 Å². The maximum absolute atomic E-state index is 12.2. The number of thioether (sulfide) groups is 1. The number of hydrogen-bond donors (Lipinski definition) is 1. The molecule has 1 aromatic heterocycles. The smallest absolute Gasteiger partial charge is 0.232 e. The number of carbonyl (C=O) groups is 1. The zero-order valence-corrected chi connectivity index (χ0v) is 15.2. The molecule has 0 radical (unpaired) electrons. The second kappa shape index (κ2) is 9.43. The van der Waals surface area contributed by atoms with Gasteiger partial charge in [0.1, 0.15) is 5.76 Å². The van der Waals surface area contributed by atoms with Gasteiger partial charge in [-0.1, -0.05) is 5.16 Å². The number of rotatable bonds is 6. The molecule has 0 aromatic carbocycles. The first kappa shape index (κ1) is 19.3. The van der Waals surface area contributed by atoms with Crippen molar-refractivity contribution in [3.8, 4) is 0 Å². The van der Waals surface area contributed by atoms with Crippen molar-refractivity contribution in [2.24, 2.45) is 5.92 Å². The van der Waals surface area contributed by atoms with Crippen LogP contribution in [-0.4, -0.2) is 48.4 Å². The highest BCUT2D eigenvalue weighted by molar-refractivity contribution is 7.99. The highest BCUT2D eigenvalue weighted by atomic mass is 35.5. The van der Waals surface area contributed by atoms with Crippen LogP contribution in [0.1, 0.15) is 29.9 Å². The van der Waals surface area contributed by atoms with Crippen molar-refractivity contribution in [3.63, 3.8) is 0 Å². The van der Waals surface area contributed by atoms with Gasteiger partial charge in [0.25, 0.3) is 0 Å². The number of likely N-dealkylation sites (tertiary alicyclic amines) is 1. The lowest BCUT2D eigenvalue weighted by Crippen LogP contribution is -2.41. The number of halogens is 1. The molecule has 0 atom stereocenters. The van der Waals surface area contributed by atoms with Crippen molar-refractivity contribution < 1.29 is 9.32 Å². The lowest BCUT2D eigenvalue weighted by molar-refractivity contribution is -0.129. The second-order valence-corrected chi connectivity index (χ2v) is 6.66. The van der Waals surface area contributed by atoms with Crippen molar-refractivity contribution in [2.75, 3.05) is 32.4 Å². The van der Waals surface area contributed by atoms with Gasteiger partial charge in [-0.25, -0.2) is 0 Å². The summed E-state index contributed by atoms with van der Waals surface area (Å²) in [4.78, 5) is 14.2. The average molecular weight is 348 g/mol. The van der Waals surface area contributed by atoms with Crippen LogP contribution in [0.2, 0.25) is 0 Å². The molecule has 0 aliphatic carbocycles. The van der Waals surface area contributed by atoms with E-state index in [2.05, 4.69) is 10.5 Å². The standard InChI is InChI=1S/C15H25N3O2S.ClH/c1-11-14(12(2)20-17-11)9-21-10-15(19)18-6-4-13(5-7-18)8-16-3;/h13,16H,4-10H2,1-3H3;1H. The van der Waals surface area contributed by atoms with E-state index in [0.717, 1.165) is 55.2 Å². The van der Waals surface area contributed by atoms with Gasteiger partial charge in [0, 0.05) is 24.4 Å². The van der Waals surface area contributed by atoms with Crippen LogP contribution in [0.25, 0.3) is 0 Å². The van der Waals surface area contributed by atoms with Gasteiger partial charge in [0.15, 0.2) is 0 Å². The molecule has 0 spiro atoms. The fraction of sp³-hybridized carbons (Fsp3) is 0.733. The van der Waals surface area contributed by atoms with E-state index < -0.39 is 0 Å². The molecule has 1 N–H and O–H groups in total. The third-order valence-corrected chi connectivity index (χ3v) is 5.06. The van der Waals surface area contributed by atoms with Crippen molar-refractivity contribution in [2.45, 2.75) is 32.4 Å². The predicted octanol–water partition coefficient (Wildman–Crippen LogP) is 2.40. The van der Waals surface area contributed by atoms with E-state index >= 15 is 0 Å². The fourth-order valence-corrected chi connectivity index (χ4v) is 3.79. The Balaban J connectivity index is 0.00000242. The van der Waals surface area contributed by atoms with Crippen molar-refractivity contribution in [1.82, 2.24) is 15.4 Å². The molecule has 5 nitrogen and oxygen atoms in total. The monoisotopic (exact) mass is 347 g/mol. The topological polar surface area (TPSA) is 58.4 Å². The first-order valence-corrected chi connectivity index (χ1v) is 8.69. The quantitative estimate of drug-likeness (QED) is 0.856. The first-order valence-electron chi connectivity index (χ1n) is 7.53. The summed E-state index contributed by atoms with van der Waals surface area (Å²) < 4.78 is 5.14. The molecular weight excluding hydrogens is 322 g/mol. The number of hydrogen-bond acceptors (Lipinski definition) is 5. The summed E-state index contributed by atoms with van der Waals surface area (Å²) in [5.41, 5.74) is 2.06. The van der Waals surface area contributed by atoms with E-state index in [-0.39, 0.29) is 18.3 Å². The van der Waals surface area contributed by atoms with Crippen LogP contribution >= 0.6 is 24.2 Å². The van der Waals surface area contributed by atoms with Gasteiger partial charge in [-0.05, 0) is 46.2 Å². The molecule has 1 aliphatic rings. The number of carbonyl (C=O) groups excluding carboxylic acids is 1. The van der Waals surface area contributed by atoms with Crippen molar-refractivity contribution in [1.29, 1.82) is 0 Å². The van der Waals surface area contributed by atoms with Gasteiger partial charge < -0.3 is 14.7 Å². The Hall–Kier alpha value is -0.720. The summed E-state index contributed by atoms with van der Waals surface area (Å²) in [5, 5.41) is 7.16. The number of aryl methyl sites for hydroxylation is 2. The van der Waals surface area contributed by atoms with Crippen LogP contribution in [0.5, 0.6) is 0 Å². The third kappa shape index (κ3) is 5.18. The summed E-state index contributed by atoms with van der Waals surface area (Å²) in [6.45, 7) is 6.72. The van der Waals surface area contributed by atoms with Gasteiger partial charge in [-0.2, -0.15) is 0 Å². The molecule has 1 aromatic rings. The molecule has 0 unspecified atom stereocenters. The number of amides is 1. The van der Waals surface area contributed by atoms with Crippen LogP contribution in [0.3, 0.4) is 0 Å². The van der Waals surface area contributed by atoms with Crippen LogP contribution in [0, 0.1) is 19.8 Å². The molecule has 7 heteroatoms. The van der Waals surface area contributed by atoms with Crippen LogP contribution in [0.15, 0.2) is 4.52 Å². The molecule has 2 rings (SSSR count). The molecule has 0 saturated carbocycles. The van der Waals surface area contributed by atoms with Gasteiger partial charge in [-0.15, -0.1) is 24.2 Å². The highest BCUT2D eigenvalue weighted by Crippen LogP contribution is 2.21. The lowest BCUT2D eigenvalue weighted by atomic mass is 9.97. The average Bonchev–Trinajstić information content (AvgIpc) is 2.80. The molecular formula is C15H26ClN3O2S. The van der Waals surface area contributed by atoms with E-state index in [9.17, 15) is 4.79 Å². The Labute approximate surface area is 143 Å². The van der Waals surface area contributed by atoms with E-state index in [1.807, 2.05) is 25.8 Å². The molecule has 1 saturated heterocycles. The first-order chi connectivity index (χ1) is 10.1. The molecule has 22 heavy (non-hydrogen) atoms. The van der Waals surface area contributed by atoms with Gasteiger partial charge >= 0.3 is 0 Å². The largest absolute Gasteiger partial charge is 0.361 e. The van der Waals surface area contributed by atoms with Gasteiger partial charge in [0.05, 0.1) is 11.4 Å². The second-order valence-electron chi connectivity index (χ2n) is 5.68. The molecule has 0 bridgehead atoms. The lowest BCUT2D eigenvalue weighted by Gasteiger charge is -2.31. The molecule has 1 amide bonds. The minimum Gasteiger partial charge on any atom is -0.361 e. The number of nitrogens with zero attached hydrogens (tertiary/aromatic N) is 2. The molecule has 1 fully saturated rings. The van der Waals surface area contributed by atoms with E-state index in [1.165, 1.54) is 0 Å². The fourth-order valence-electron chi connectivity index (χ4n) is 2.71. The summed E-state index contributed by atoms with van der Waals surface area (Å²) in [5.74, 6) is 3.17. The highest BCUT2D eigenvalue weighted by Gasteiger charge is 2.22. The Morgan fingerprint density at radius 1 is 1.41 bits per heavy atom. The summed E-state index contributed by atoms with van der Waals surface area (Å²) >= 11 is 1.65. The Bertz CT molecular complexity index is 454. The maximum Gasteiger partial charge on any atom is 0.232 e. The number of piperidine rings is 1. The van der Waals surface area contributed by atoms with Gasteiger partial charge in [0.2, 0.25) is 5.91 Å². The predicted molar refractivity (Wildman–Crippen MR) is 92.6 cm³/mol. The van der Waals surface area contributed by atoms with Crippen LogP contribution in [0.4, 0.5) is 0 Å². The van der Waals surface area contributed by atoms with Crippen LogP contribution in [-0.2, 0) is 10.5 Å². The maximum atomic E-state index is 12.2. The van der Waals surface area contributed by atoms with Crippen molar-refractivity contribution >= 4 is 30.1 Å². The minimum absolute atomic E-state index is 0. The summed E-state index contributed by atoms with van der Waals surface area (Å²) in [6, 6.07) is 0. The van der Waals surface area contributed by atoms with Crippen molar-refractivity contribution in [3.05, 3.63) is 17.0 Å².